The van der Waals surface area contributed by atoms with Gasteiger partial charge in [0.1, 0.15) is 0 Å². The fourth-order valence-electron chi connectivity index (χ4n) is 3.26. The minimum Gasteiger partial charge on any atom is -0.309 e. The van der Waals surface area contributed by atoms with Crippen molar-refractivity contribution in [2.24, 2.45) is 0 Å². The lowest BCUT2D eigenvalue weighted by molar-refractivity contribution is -0.123. The van der Waals surface area contributed by atoms with Gasteiger partial charge >= 0.3 is 0 Å². The van der Waals surface area contributed by atoms with Crippen LogP contribution < -0.4 is 0 Å². The number of hydrogen-bond acceptors (Lipinski definition) is 1. The fourth-order valence-corrected chi connectivity index (χ4v) is 3.26. The number of hydrogen-bond donors (Lipinski definition) is 0. The topological polar surface area (TPSA) is 20.3 Å². The monoisotopic (exact) mass is 345 g/mol. The Hall–Kier alpha value is -1.31. The minimum absolute atomic E-state index is 0.0936. The van der Waals surface area contributed by atoms with Crippen molar-refractivity contribution in [3.63, 3.8) is 0 Å². The van der Waals surface area contributed by atoms with Gasteiger partial charge in [0, 0.05) is 18.3 Å². The van der Waals surface area contributed by atoms with Gasteiger partial charge in [-0.1, -0.05) is 83.4 Å². The van der Waals surface area contributed by atoms with Gasteiger partial charge in [0.2, 0.25) is 0 Å². The van der Waals surface area contributed by atoms with Crippen LogP contribution in [-0.4, -0.2) is 17.4 Å². The molecule has 0 bridgehead atoms. The molecule has 0 atom stereocenters. The van der Waals surface area contributed by atoms with E-state index in [2.05, 4.69) is 25.7 Å². The molecule has 0 N–H and O–H groups in total. The summed E-state index contributed by atoms with van der Waals surface area (Å²) in [6, 6.07) is 0. The molecule has 0 unspecified atom stereocenters. The summed E-state index contributed by atoms with van der Waals surface area (Å²) >= 11 is 0. The van der Waals surface area contributed by atoms with Gasteiger partial charge in [-0.15, -0.1) is 0 Å². The second-order valence-corrected chi connectivity index (χ2v) is 7.25. The summed E-state index contributed by atoms with van der Waals surface area (Å²) in [4.78, 5) is 13.3. The molecule has 2 heteroatoms. The number of carbonyl (C=O) groups is 1. The van der Waals surface area contributed by atoms with E-state index in [4.69, 9.17) is 0 Å². The van der Waals surface area contributed by atoms with Crippen LogP contribution in [0.25, 0.3) is 0 Å². The Morgan fingerprint density at radius 1 is 0.800 bits per heavy atom. The molecule has 1 rings (SSSR count). The lowest BCUT2D eigenvalue weighted by Crippen LogP contribution is -2.24. The van der Waals surface area contributed by atoms with E-state index < -0.39 is 0 Å². The summed E-state index contributed by atoms with van der Waals surface area (Å²) in [5, 5.41) is 0. The highest BCUT2D eigenvalue weighted by Gasteiger charge is 2.17. The molecule has 2 nitrogen and oxygen atoms in total. The van der Waals surface area contributed by atoms with Gasteiger partial charge in [-0.25, -0.2) is 0 Å². The Morgan fingerprint density at radius 2 is 1.32 bits per heavy atom. The summed E-state index contributed by atoms with van der Waals surface area (Å²) in [5.41, 5.74) is 0.844. The molecular weight excluding hydrogens is 306 g/mol. The molecule has 0 aromatic rings. The van der Waals surface area contributed by atoms with Gasteiger partial charge < -0.3 is 4.90 Å². The van der Waals surface area contributed by atoms with E-state index in [1.807, 2.05) is 0 Å². The molecule has 0 radical (unpaired) electrons. The van der Waals surface area contributed by atoms with Crippen molar-refractivity contribution in [1.29, 1.82) is 0 Å². The molecule has 1 aliphatic rings. The first-order valence-corrected chi connectivity index (χ1v) is 10.6. The largest absolute Gasteiger partial charge is 0.309 e. The van der Waals surface area contributed by atoms with Gasteiger partial charge in [-0.2, -0.15) is 0 Å². The third kappa shape index (κ3) is 11.0. The summed E-state index contributed by atoms with van der Waals surface area (Å²) in [6.45, 7) is 6.99. The molecule has 0 saturated heterocycles. The standard InChI is InChI=1S/C23H39NO/c1-3-4-5-6-7-8-9-10-11-12-13-14-15-16-17-18-21-24-22(2)19-20-23(24)25/h11-12,19-20H,2-10,13-18,21H2,1H3/b12-11+. The van der Waals surface area contributed by atoms with Crippen molar-refractivity contribution in [3.8, 4) is 0 Å². The maximum Gasteiger partial charge on any atom is 0.251 e. The molecule has 0 saturated carbocycles. The quantitative estimate of drug-likeness (QED) is 0.219. The van der Waals surface area contributed by atoms with Crippen molar-refractivity contribution in [1.82, 2.24) is 4.90 Å². The molecule has 1 aliphatic heterocycles. The predicted octanol–water partition coefficient (Wildman–Crippen LogP) is 6.94. The third-order valence-electron chi connectivity index (χ3n) is 4.92. The maximum atomic E-state index is 11.5. The van der Waals surface area contributed by atoms with Crippen molar-refractivity contribution in [2.45, 2.75) is 96.8 Å². The van der Waals surface area contributed by atoms with Crippen LogP contribution >= 0.6 is 0 Å². The minimum atomic E-state index is 0.0936. The zero-order valence-electron chi connectivity index (χ0n) is 16.5. The summed E-state index contributed by atoms with van der Waals surface area (Å²) < 4.78 is 0. The summed E-state index contributed by atoms with van der Waals surface area (Å²) in [5.74, 6) is 0.0936. The zero-order valence-corrected chi connectivity index (χ0v) is 16.5. The van der Waals surface area contributed by atoms with Gasteiger partial charge in [0.05, 0.1) is 0 Å². The van der Waals surface area contributed by atoms with Crippen molar-refractivity contribution >= 4 is 5.91 Å². The van der Waals surface area contributed by atoms with E-state index in [9.17, 15) is 4.79 Å². The number of carbonyl (C=O) groups excluding carboxylic acids is 1. The predicted molar refractivity (Wildman–Crippen MR) is 109 cm³/mol. The van der Waals surface area contributed by atoms with Crippen LogP contribution in [0.5, 0.6) is 0 Å². The highest BCUT2D eigenvalue weighted by atomic mass is 16.2. The number of rotatable bonds is 16. The maximum absolute atomic E-state index is 11.5. The van der Waals surface area contributed by atoms with Crippen molar-refractivity contribution in [3.05, 3.63) is 36.6 Å². The second kappa shape index (κ2) is 15.0. The first kappa shape index (κ1) is 21.7. The summed E-state index contributed by atoms with van der Waals surface area (Å²) in [6.07, 6.45) is 26.6. The highest BCUT2D eigenvalue weighted by Crippen LogP contribution is 2.15. The second-order valence-electron chi connectivity index (χ2n) is 7.25. The smallest absolute Gasteiger partial charge is 0.251 e. The molecule has 0 aromatic carbocycles. The fraction of sp³-hybridized carbons (Fsp3) is 0.696. The number of allylic oxidation sites excluding steroid dienone is 3. The van der Waals surface area contributed by atoms with Crippen LogP contribution in [0.2, 0.25) is 0 Å². The number of nitrogens with zero attached hydrogens (tertiary/aromatic N) is 1. The van der Waals surface area contributed by atoms with Crippen molar-refractivity contribution < 1.29 is 4.79 Å². The van der Waals surface area contributed by atoms with Gasteiger partial charge in [-0.3, -0.25) is 4.79 Å². The van der Waals surface area contributed by atoms with Crippen LogP contribution in [0.3, 0.4) is 0 Å². The Morgan fingerprint density at radius 3 is 1.84 bits per heavy atom. The van der Waals surface area contributed by atoms with Crippen LogP contribution in [0.4, 0.5) is 0 Å². The molecular formula is C23H39NO. The third-order valence-corrected chi connectivity index (χ3v) is 4.92. The van der Waals surface area contributed by atoms with E-state index in [0.29, 0.717) is 0 Å². The SMILES string of the molecule is C=C1C=CC(=O)N1CCCCCCC/C=C/CCCCCCCCC. The average Bonchev–Trinajstić information content (AvgIpc) is 2.93. The number of amides is 1. The van der Waals surface area contributed by atoms with Crippen LogP contribution in [0.1, 0.15) is 96.8 Å². The van der Waals surface area contributed by atoms with Crippen LogP contribution in [0, 0.1) is 0 Å². The highest BCUT2D eigenvalue weighted by molar-refractivity contribution is 5.92. The van der Waals surface area contributed by atoms with E-state index in [0.717, 1.165) is 18.7 Å². The van der Waals surface area contributed by atoms with E-state index in [-0.39, 0.29) is 5.91 Å². The van der Waals surface area contributed by atoms with Crippen LogP contribution in [-0.2, 0) is 4.79 Å². The molecule has 1 heterocycles. The van der Waals surface area contributed by atoms with Gasteiger partial charge in [0.15, 0.2) is 0 Å². The van der Waals surface area contributed by atoms with E-state index in [1.54, 1.807) is 17.1 Å². The summed E-state index contributed by atoms with van der Waals surface area (Å²) in [7, 11) is 0. The lowest BCUT2D eigenvalue weighted by Gasteiger charge is -2.16. The Labute approximate surface area is 156 Å². The normalized spacial score (nSPS) is 14.4. The molecule has 1 amide bonds. The van der Waals surface area contributed by atoms with E-state index in [1.165, 1.54) is 83.5 Å². The zero-order chi connectivity index (χ0) is 18.2. The average molecular weight is 346 g/mol. The molecule has 0 aliphatic carbocycles. The lowest BCUT2D eigenvalue weighted by atomic mass is 10.1. The number of unbranched alkanes of at least 4 members (excludes halogenated alkanes) is 12. The molecule has 142 valence electrons. The Bertz CT molecular complexity index is 404. The van der Waals surface area contributed by atoms with Crippen LogP contribution in [0.15, 0.2) is 36.6 Å². The molecule has 0 aromatic heterocycles. The molecule has 25 heavy (non-hydrogen) atoms. The Balaban J connectivity index is 1.79. The molecule has 0 fully saturated rings. The molecule has 0 spiro atoms. The van der Waals surface area contributed by atoms with Crippen molar-refractivity contribution in [2.75, 3.05) is 6.54 Å². The van der Waals surface area contributed by atoms with Gasteiger partial charge in [-0.05, 0) is 38.2 Å². The first-order valence-electron chi connectivity index (χ1n) is 10.6. The first-order chi connectivity index (χ1) is 12.3. The Kier molecular flexibility index (Phi) is 13.0. The van der Waals surface area contributed by atoms with E-state index >= 15 is 0 Å². The van der Waals surface area contributed by atoms with Gasteiger partial charge in [0.25, 0.3) is 5.91 Å².